The second-order valence-corrected chi connectivity index (χ2v) is 6.45. The second kappa shape index (κ2) is 7.00. The third-order valence-electron chi connectivity index (χ3n) is 2.37. The standard InChI is InChI=1S/C12H14ClN3OS2/c1-14-4-5-15-11(17)6-8-7-18-12(16-8)9-2-3-10(13)19-9/h2-3,7,14H,4-6H2,1H3,(H,15,17). The van der Waals surface area contributed by atoms with Crippen LogP contribution in [0.5, 0.6) is 0 Å². The summed E-state index contributed by atoms with van der Waals surface area (Å²) in [6, 6.07) is 3.80. The number of thiophene rings is 1. The van der Waals surface area contributed by atoms with Gasteiger partial charge in [0.15, 0.2) is 0 Å². The molecule has 102 valence electrons. The van der Waals surface area contributed by atoms with E-state index in [1.54, 1.807) is 0 Å². The molecule has 0 bridgehead atoms. The first kappa shape index (κ1) is 14.5. The van der Waals surface area contributed by atoms with Crippen LogP contribution in [0.15, 0.2) is 17.5 Å². The summed E-state index contributed by atoms with van der Waals surface area (Å²) < 4.78 is 0.747. The molecule has 7 heteroatoms. The van der Waals surface area contributed by atoms with Crippen LogP contribution in [-0.2, 0) is 11.2 Å². The molecule has 0 radical (unpaired) electrons. The molecule has 0 saturated heterocycles. The molecule has 0 saturated carbocycles. The van der Waals surface area contributed by atoms with Crippen molar-refractivity contribution in [2.75, 3.05) is 20.1 Å². The van der Waals surface area contributed by atoms with Crippen molar-refractivity contribution in [1.29, 1.82) is 0 Å². The van der Waals surface area contributed by atoms with Gasteiger partial charge < -0.3 is 10.6 Å². The molecule has 2 aromatic rings. The van der Waals surface area contributed by atoms with Crippen LogP contribution in [-0.4, -0.2) is 31.0 Å². The highest BCUT2D eigenvalue weighted by molar-refractivity contribution is 7.23. The molecule has 0 atom stereocenters. The Bertz CT molecular complexity index is 553. The Balaban J connectivity index is 1.92. The Labute approximate surface area is 124 Å². The number of halogens is 1. The van der Waals surface area contributed by atoms with Crippen LogP contribution >= 0.6 is 34.3 Å². The first-order valence-corrected chi connectivity index (χ1v) is 7.88. The molecule has 2 heterocycles. The molecule has 0 aromatic carbocycles. The van der Waals surface area contributed by atoms with Crippen LogP contribution in [0, 0.1) is 0 Å². The Morgan fingerprint density at radius 3 is 2.95 bits per heavy atom. The average Bonchev–Trinajstić information content (AvgIpc) is 2.98. The van der Waals surface area contributed by atoms with E-state index in [1.165, 1.54) is 22.7 Å². The van der Waals surface area contributed by atoms with Gasteiger partial charge in [0.1, 0.15) is 5.01 Å². The van der Waals surface area contributed by atoms with Crippen molar-refractivity contribution in [2.45, 2.75) is 6.42 Å². The van der Waals surface area contributed by atoms with E-state index < -0.39 is 0 Å². The molecule has 0 unspecified atom stereocenters. The van der Waals surface area contributed by atoms with Gasteiger partial charge in [-0.15, -0.1) is 22.7 Å². The van der Waals surface area contributed by atoms with Crippen LogP contribution < -0.4 is 10.6 Å². The molecule has 0 aliphatic rings. The van der Waals surface area contributed by atoms with E-state index in [9.17, 15) is 4.79 Å². The van der Waals surface area contributed by atoms with E-state index in [1.807, 2.05) is 24.6 Å². The Morgan fingerprint density at radius 1 is 1.42 bits per heavy atom. The topological polar surface area (TPSA) is 54.0 Å². The van der Waals surface area contributed by atoms with Crippen LogP contribution in [0.2, 0.25) is 4.34 Å². The highest BCUT2D eigenvalue weighted by Gasteiger charge is 2.10. The van der Waals surface area contributed by atoms with E-state index in [-0.39, 0.29) is 5.91 Å². The maximum atomic E-state index is 11.6. The summed E-state index contributed by atoms with van der Waals surface area (Å²) in [6.07, 6.45) is 0.319. The van der Waals surface area contributed by atoms with E-state index in [2.05, 4.69) is 15.6 Å². The molecule has 4 nitrogen and oxygen atoms in total. The largest absolute Gasteiger partial charge is 0.354 e. The van der Waals surface area contributed by atoms with E-state index >= 15 is 0 Å². The maximum absolute atomic E-state index is 11.6. The van der Waals surface area contributed by atoms with Gasteiger partial charge in [0.2, 0.25) is 5.91 Å². The van der Waals surface area contributed by atoms with Gasteiger partial charge in [-0.05, 0) is 19.2 Å². The Morgan fingerprint density at radius 2 is 2.26 bits per heavy atom. The monoisotopic (exact) mass is 315 g/mol. The summed E-state index contributed by atoms with van der Waals surface area (Å²) in [5, 5.41) is 8.63. The highest BCUT2D eigenvalue weighted by atomic mass is 35.5. The summed E-state index contributed by atoms with van der Waals surface area (Å²) >= 11 is 8.93. The van der Waals surface area contributed by atoms with Gasteiger partial charge in [-0.25, -0.2) is 4.98 Å². The van der Waals surface area contributed by atoms with Crippen molar-refractivity contribution in [3.8, 4) is 9.88 Å². The number of hydrogen-bond acceptors (Lipinski definition) is 5. The van der Waals surface area contributed by atoms with Crippen molar-refractivity contribution >= 4 is 40.2 Å². The highest BCUT2D eigenvalue weighted by Crippen LogP contribution is 2.32. The van der Waals surface area contributed by atoms with E-state index in [0.29, 0.717) is 13.0 Å². The number of nitrogens with zero attached hydrogens (tertiary/aromatic N) is 1. The minimum atomic E-state index is -0.00341. The second-order valence-electron chi connectivity index (χ2n) is 3.88. The lowest BCUT2D eigenvalue weighted by Gasteiger charge is -2.02. The first-order valence-electron chi connectivity index (χ1n) is 5.80. The molecule has 2 aromatic heterocycles. The molecule has 19 heavy (non-hydrogen) atoms. The zero-order valence-electron chi connectivity index (χ0n) is 10.4. The van der Waals surface area contributed by atoms with Gasteiger partial charge in [0.25, 0.3) is 0 Å². The summed E-state index contributed by atoms with van der Waals surface area (Å²) in [6.45, 7) is 1.40. The number of rotatable bonds is 6. The number of carbonyl (C=O) groups excluding carboxylic acids is 1. The number of amides is 1. The Hall–Kier alpha value is -0.950. The van der Waals surface area contributed by atoms with E-state index in [0.717, 1.165) is 26.5 Å². The number of nitrogens with one attached hydrogen (secondary N) is 2. The fourth-order valence-electron chi connectivity index (χ4n) is 1.48. The number of thiazole rings is 1. The van der Waals surface area contributed by atoms with Crippen molar-refractivity contribution in [2.24, 2.45) is 0 Å². The minimum Gasteiger partial charge on any atom is -0.354 e. The fourth-order valence-corrected chi connectivity index (χ4v) is 3.42. The van der Waals surface area contributed by atoms with Crippen LogP contribution in [0.1, 0.15) is 5.69 Å². The maximum Gasteiger partial charge on any atom is 0.226 e. The van der Waals surface area contributed by atoms with Gasteiger partial charge in [-0.3, -0.25) is 4.79 Å². The summed E-state index contributed by atoms with van der Waals surface area (Å²) in [5.74, 6) is -0.00341. The van der Waals surface area contributed by atoms with Crippen LogP contribution in [0.4, 0.5) is 0 Å². The lowest BCUT2D eigenvalue weighted by atomic mass is 10.3. The van der Waals surface area contributed by atoms with Gasteiger partial charge >= 0.3 is 0 Å². The Kier molecular flexibility index (Phi) is 5.33. The van der Waals surface area contributed by atoms with Gasteiger partial charge in [0.05, 0.1) is 21.3 Å². The quantitative estimate of drug-likeness (QED) is 0.805. The molecule has 0 fully saturated rings. The molecule has 2 N–H and O–H groups in total. The predicted molar refractivity (Wildman–Crippen MR) is 81.1 cm³/mol. The van der Waals surface area contributed by atoms with Crippen LogP contribution in [0.3, 0.4) is 0 Å². The van der Waals surface area contributed by atoms with Crippen LogP contribution in [0.25, 0.3) is 9.88 Å². The molecular formula is C12H14ClN3OS2. The van der Waals surface area contributed by atoms with Gasteiger partial charge in [-0.2, -0.15) is 0 Å². The molecule has 0 aliphatic heterocycles. The molecule has 0 spiro atoms. The van der Waals surface area contributed by atoms with Crippen molar-refractivity contribution < 1.29 is 4.79 Å². The summed E-state index contributed by atoms with van der Waals surface area (Å²) in [4.78, 5) is 17.1. The molecular weight excluding hydrogens is 302 g/mol. The van der Waals surface area contributed by atoms with Gasteiger partial charge in [0, 0.05) is 18.5 Å². The van der Waals surface area contributed by atoms with E-state index in [4.69, 9.17) is 11.6 Å². The number of aromatic nitrogens is 1. The molecule has 2 rings (SSSR count). The third kappa shape index (κ3) is 4.28. The average molecular weight is 316 g/mol. The summed E-state index contributed by atoms with van der Waals surface area (Å²) in [5.41, 5.74) is 0.798. The number of carbonyl (C=O) groups is 1. The van der Waals surface area contributed by atoms with Crippen molar-refractivity contribution in [3.05, 3.63) is 27.5 Å². The fraction of sp³-hybridized carbons (Fsp3) is 0.333. The number of likely N-dealkylation sites (N-methyl/N-ethyl adjacent to an activating group) is 1. The molecule has 0 aliphatic carbocycles. The zero-order valence-corrected chi connectivity index (χ0v) is 12.8. The normalized spacial score (nSPS) is 10.6. The van der Waals surface area contributed by atoms with Crippen molar-refractivity contribution in [1.82, 2.24) is 15.6 Å². The lowest BCUT2D eigenvalue weighted by Crippen LogP contribution is -2.31. The smallest absolute Gasteiger partial charge is 0.226 e. The van der Waals surface area contributed by atoms with Crippen molar-refractivity contribution in [3.63, 3.8) is 0 Å². The molecule has 1 amide bonds. The number of hydrogen-bond donors (Lipinski definition) is 2. The predicted octanol–water partition coefficient (Wildman–Crippen LogP) is 2.40. The zero-order chi connectivity index (χ0) is 13.7. The first-order chi connectivity index (χ1) is 9.19. The third-order valence-corrected chi connectivity index (χ3v) is 4.67. The minimum absolute atomic E-state index is 0.00341. The van der Waals surface area contributed by atoms with Gasteiger partial charge in [-0.1, -0.05) is 11.6 Å². The SMILES string of the molecule is CNCCNC(=O)Cc1csc(-c2ccc(Cl)s2)n1. The lowest BCUT2D eigenvalue weighted by molar-refractivity contribution is -0.120. The summed E-state index contributed by atoms with van der Waals surface area (Å²) in [7, 11) is 1.85.